The van der Waals surface area contributed by atoms with Gasteiger partial charge in [0.15, 0.2) is 0 Å². The zero-order chi connectivity index (χ0) is 17.2. The van der Waals surface area contributed by atoms with Crippen LogP contribution in [0, 0.1) is 11.3 Å². The number of amides is 1. The molecular formula is C17H17NO5. The van der Waals surface area contributed by atoms with Crippen LogP contribution < -0.4 is 5.73 Å². The van der Waals surface area contributed by atoms with Crippen LogP contribution in [0.3, 0.4) is 0 Å². The number of benzene rings is 1. The van der Waals surface area contributed by atoms with Crippen molar-refractivity contribution in [3.8, 4) is 0 Å². The van der Waals surface area contributed by atoms with Crippen molar-refractivity contribution in [1.29, 1.82) is 0 Å². The molecule has 23 heavy (non-hydrogen) atoms. The molecule has 0 bridgehead atoms. The van der Waals surface area contributed by atoms with Crippen LogP contribution in [0.1, 0.15) is 12.5 Å². The number of nitrogens with two attached hydrogens (primary N) is 1. The molecule has 0 heterocycles. The molecule has 2 unspecified atom stereocenters. The highest BCUT2D eigenvalue weighted by atomic mass is 16.4. The standard InChI is InChI=1S/C17H17NO5/c1-17(16(22)23)8-7-11(9-10-5-3-2-4-6-10)12(15(20)21)13(17)14(18)19/h2-8,13H,9H2,1H3,(H2,18,19)(H,20,21)(H,22,23). The number of carbonyl (C=O) groups is 3. The number of rotatable bonds is 5. The minimum absolute atomic E-state index is 0.256. The summed E-state index contributed by atoms with van der Waals surface area (Å²) < 4.78 is 0. The maximum absolute atomic E-state index is 11.8. The van der Waals surface area contributed by atoms with E-state index in [1.807, 2.05) is 30.3 Å². The molecule has 2 rings (SSSR count). The van der Waals surface area contributed by atoms with E-state index in [0.717, 1.165) is 5.56 Å². The molecule has 0 saturated heterocycles. The van der Waals surface area contributed by atoms with E-state index in [2.05, 4.69) is 0 Å². The summed E-state index contributed by atoms with van der Waals surface area (Å²) in [5.41, 5.74) is 4.63. The van der Waals surface area contributed by atoms with Gasteiger partial charge in [-0.2, -0.15) is 0 Å². The number of carbonyl (C=O) groups excluding carboxylic acids is 1. The molecule has 120 valence electrons. The Labute approximate surface area is 132 Å². The molecule has 1 aromatic carbocycles. The number of carboxylic acid groups (broad SMARTS) is 2. The molecule has 1 aliphatic carbocycles. The first kappa shape index (κ1) is 16.5. The number of hydrogen-bond acceptors (Lipinski definition) is 3. The van der Waals surface area contributed by atoms with E-state index >= 15 is 0 Å². The average Bonchev–Trinajstić information content (AvgIpc) is 2.49. The smallest absolute Gasteiger partial charge is 0.332 e. The van der Waals surface area contributed by atoms with Gasteiger partial charge in [0.25, 0.3) is 0 Å². The number of aliphatic carboxylic acids is 2. The largest absolute Gasteiger partial charge is 0.481 e. The Kier molecular flexibility index (Phi) is 4.36. The topological polar surface area (TPSA) is 118 Å². The fourth-order valence-electron chi connectivity index (χ4n) is 2.81. The van der Waals surface area contributed by atoms with Crippen LogP contribution in [0.15, 0.2) is 53.6 Å². The molecule has 0 spiro atoms. The molecule has 0 saturated carbocycles. The summed E-state index contributed by atoms with van der Waals surface area (Å²) in [6.07, 6.45) is 3.08. The lowest BCUT2D eigenvalue weighted by Gasteiger charge is -2.33. The van der Waals surface area contributed by atoms with Gasteiger partial charge in [0.1, 0.15) is 0 Å². The van der Waals surface area contributed by atoms with Gasteiger partial charge in [-0.05, 0) is 24.5 Å². The molecule has 6 heteroatoms. The van der Waals surface area contributed by atoms with Crippen molar-refractivity contribution in [1.82, 2.24) is 0 Å². The third-order valence-corrected chi connectivity index (χ3v) is 4.08. The number of hydrogen-bond donors (Lipinski definition) is 3. The van der Waals surface area contributed by atoms with Crippen LogP contribution in [-0.2, 0) is 20.8 Å². The van der Waals surface area contributed by atoms with E-state index in [4.69, 9.17) is 5.73 Å². The molecule has 0 radical (unpaired) electrons. The summed E-state index contributed by atoms with van der Waals surface area (Å²) in [5.74, 6) is -5.03. The number of primary amides is 1. The maximum Gasteiger partial charge on any atom is 0.332 e. The zero-order valence-electron chi connectivity index (χ0n) is 12.5. The lowest BCUT2D eigenvalue weighted by atomic mass is 9.67. The molecular weight excluding hydrogens is 298 g/mol. The van der Waals surface area contributed by atoms with E-state index in [1.54, 1.807) is 0 Å². The Hall–Kier alpha value is -2.89. The van der Waals surface area contributed by atoms with Crippen molar-refractivity contribution in [3.05, 3.63) is 59.2 Å². The van der Waals surface area contributed by atoms with Crippen LogP contribution in [0.2, 0.25) is 0 Å². The quantitative estimate of drug-likeness (QED) is 0.758. The van der Waals surface area contributed by atoms with Gasteiger partial charge in [0, 0.05) is 0 Å². The minimum Gasteiger partial charge on any atom is -0.481 e. The normalized spacial score (nSPS) is 23.6. The van der Waals surface area contributed by atoms with E-state index in [-0.39, 0.29) is 12.0 Å². The van der Waals surface area contributed by atoms with Crippen LogP contribution in [0.5, 0.6) is 0 Å². The summed E-state index contributed by atoms with van der Waals surface area (Å²) in [5, 5.41) is 18.9. The van der Waals surface area contributed by atoms with Crippen molar-refractivity contribution in [3.63, 3.8) is 0 Å². The van der Waals surface area contributed by atoms with Gasteiger partial charge >= 0.3 is 11.9 Å². The van der Waals surface area contributed by atoms with Gasteiger partial charge < -0.3 is 15.9 Å². The van der Waals surface area contributed by atoms with Gasteiger partial charge in [0.2, 0.25) is 5.91 Å². The van der Waals surface area contributed by atoms with E-state index in [9.17, 15) is 24.6 Å². The van der Waals surface area contributed by atoms with Crippen molar-refractivity contribution in [2.45, 2.75) is 13.3 Å². The first-order valence-electron chi connectivity index (χ1n) is 6.99. The zero-order valence-corrected chi connectivity index (χ0v) is 12.5. The summed E-state index contributed by atoms with van der Waals surface area (Å²) >= 11 is 0. The molecule has 1 aromatic rings. The fourth-order valence-corrected chi connectivity index (χ4v) is 2.81. The van der Waals surface area contributed by atoms with Crippen molar-refractivity contribution in [2.75, 3.05) is 0 Å². The molecule has 2 atom stereocenters. The SMILES string of the molecule is CC1(C(=O)O)C=CC(Cc2ccccc2)=C(C(=O)O)C1C(N)=O. The lowest BCUT2D eigenvalue weighted by Crippen LogP contribution is -2.46. The molecule has 0 aromatic heterocycles. The Morgan fingerprint density at radius 1 is 1.17 bits per heavy atom. The van der Waals surface area contributed by atoms with Crippen LogP contribution in [0.4, 0.5) is 0 Å². The Morgan fingerprint density at radius 2 is 1.78 bits per heavy atom. The lowest BCUT2D eigenvalue weighted by molar-refractivity contribution is -0.151. The van der Waals surface area contributed by atoms with Crippen molar-refractivity contribution in [2.24, 2.45) is 17.1 Å². The van der Waals surface area contributed by atoms with Gasteiger partial charge in [-0.1, -0.05) is 42.5 Å². The number of allylic oxidation sites excluding steroid dienone is 2. The van der Waals surface area contributed by atoms with Crippen LogP contribution >= 0.6 is 0 Å². The van der Waals surface area contributed by atoms with Gasteiger partial charge in [0.05, 0.1) is 16.9 Å². The predicted octanol–water partition coefficient (Wildman–Crippen LogP) is 1.37. The van der Waals surface area contributed by atoms with E-state index in [1.165, 1.54) is 19.1 Å². The second-order valence-corrected chi connectivity index (χ2v) is 5.66. The molecule has 0 aliphatic heterocycles. The monoisotopic (exact) mass is 315 g/mol. The molecule has 6 nitrogen and oxygen atoms in total. The van der Waals surface area contributed by atoms with Crippen molar-refractivity contribution < 1.29 is 24.6 Å². The maximum atomic E-state index is 11.8. The number of carboxylic acids is 2. The Bertz CT molecular complexity index is 720. The second-order valence-electron chi connectivity index (χ2n) is 5.66. The van der Waals surface area contributed by atoms with Crippen LogP contribution in [0.25, 0.3) is 0 Å². The van der Waals surface area contributed by atoms with Gasteiger partial charge in [-0.15, -0.1) is 0 Å². The third-order valence-electron chi connectivity index (χ3n) is 4.08. The highest BCUT2D eigenvalue weighted by molar-refractivity contribution is 6.01. The minimum atomic E-state index is -1.68. The van der Waals surface area contributed by atoms with E-state index < -0.39 is 29.2 Å². The Morgan fingerprint density at radius 3 is 2.26 bits per heavy atom. The fraction of sp³-hybridized carbons (Fsp3) is 0.235. The average molecular weight is 315 g/mol. The summed E-state index contributed by atoms with van der Waals surface area (Å²) in [6.45, 7) is 1.30. The van der Waals surface area contributed by atoms with Gasteiger partial charge in [-0.25, -0.2) is 4.79 Å². The molecule has 0 fully saturated rings. The Balaban J connectivity index is 2.57. The molecule has 1 aliphatic rings. The molecule has 4 N–H and O–H groups in total. The van der Waals surface area contributed by atoms with Gasteiger partial charge in [-0.3, -0.25) is 9.59 Å². The van der Waals surface area contributed by atoms with E-state index in [0.29, 0.717) is 5.57 Å². The highest BCUT2D eigenvalue weighted by Crippen LogP contribution is 2.41. The molecule has 1 amide bonds. The highest BCUT2D eigenvalue weighted by Gasteiger charge is 2.49. The summed E-state index contributed by atoms with van der Waals surface area (Å²) in [6, 6.07) is 9.11. The second kappa shape index (κ2) is 6.08. The summed E-state index contributed by atoms with van der Waals surface area (Å²) in [7, 11) is 0. The predicted molar refractivity (Wildman–Crippen MR) is 82.4 cm³/mol. The first-order valence-corrected chi connectivity index (χ1v) is 6.99. The van der Waals surface area contributed by atoms with Crippen LogP contribution in [-0.4, -0.2) is 28.1 Å². The summed E-state index contributed by atoms with van der Waals surface area (Å²) in [4.78, 5) is 35.1. The van der Waals surface area contributed by atoms with Crippen molar-refractivity contribution >= 4 is 17.8 Å². The first-order chi connectivity index (χ1) is 10.8. The third kappa shape index (κ3) is 3.01.